The van der Waals surface area contributed by atoms with E-state index in [9.17, 15) is 14.7 Å². The maximum atomic E-state index is 13.5. The second kappa shape index (κ2) is 9.02. The molecule has 0 radical (unpaired) electrons. The number of hydrogen-bond donors (Lipinski definition) is 2. The minimum atomic E-state index is -0.486. The van der Waals surface area contributed by atoms with Crippen LogP contribution in [0.2, 0.25) is 0 Å². The lowest BCUT2D eigenvalue weighted by Crippen LogP contribution is -2.50. The van der Waals surface area contributed by atoms with Gasteiger partial charge in [-0.15, -0.1) is 0 Å². The van der Waals surface area contributed by atoms with Crippen molar-refractivity contribution in [3.05, 3.63) is 17.8 Å². The Bertz CT molecular complexity index is 824. The number of hydrogen-bond acceptors (Lipinski definition) is 6. The van der Waals surface area contributed by atoms with Crippen LogP contribution in [0.3, 0.4) is 0 Å². The quantitative estimate of drug-likeness (QED) is 0.762. The fourth-order valence-corrected chi connectivity index (χ4v) is 5.51. The molecule has 1 atom stereocenters. The van der Waals surface area contributed by atoms with Crippen molar-refractivity contribution in [1.29, 1.82) is 0 Å². The highest BCUT2D eigenvalue weighted by Crippen LogP contribution is 2.43. The van der Waals surface area contributed by atoms with Gasteiger partial charge in [0, 0.05) is 25.7 Å². The molecule has 2 aliphatic heterocycles. The number of pyridine rings is 1. The van der Waals surface area contributed by atoms with Gasteiger partial charge in [0.15, 0.2) is 0 Å². The van der Waals surface area contributed by atoms with Gasteiger partial charge in [-0.25, -0.2) is 9.78 Å². The van der Waals surface area contributed by atoms with Crippen LogP contribution < -0.4 is 10.2 Å². The first-order chi connectivity index (χ1) is 14.9. The minimum Gasteiger partial charge on any atom is -0.450 e. The van der Waals surface area contributed by atoms with E-state index in [1.54, 1.807) is 13.1 Å². The number of likely N-dealkylation sites (tertiary alicyclic amines) is 1. The summed E-state index contributed by atoms with van der Waals surface area (Å²) in [5.41, 5.74) is 1.24. The molecule has 2 amide bonds. The molecule has 1 aromatic heterocycles. The van der Waals surface area contributed by atoms with Gasteiger partial charge >= 0.3 is 6.09 Å². The van der Waals surface area contributed by atoms with Crippen molar-refractivity contribution in [1.82, 2.24) is 9.88 Å². The molecule has 170 valence electrons. The van der Waals surface area contributed by atoms with Gasteiger partial charge < -0.3 is 19.6 Å². The van der Waals surface area contributed by atoms with Gasteiger partial charge in [-0.3, -0.25) is 10.1 Å². The van der Waals surface area contributed by atoms with E-state index in [2.05, 4.69) is 20.1 Å². The van der Waals surface area contributed by atoms with E-state index < -0.39 is 6.09 Å². The third-order valence-corrected chi connectivity index (χ3v) is 7.10. The summed E-state index contributed by atoms with van der Waals surface area (Å²) in [7, 11) is 0. The van der Waals surface area contributed by atoms with E-state index >= 15 is 0 Å². The number of nitrogens with one attached hydrogen (secondary N) is 1. The molecule has 0 unspecified atom stereocenters. The molecule has 31 heavy (non-hydrogen) atoms. The number of nitrogens with zero attached hydrogens (tertiary/aromatic N) is 3. The maximum absolute atomic E-state index is 13.5. The smallest absolute Gasteiger partial charge is 0.411 e. The van der Waals surface area contributed by atoms with E-state index in [1.807, 2.05) is 13.0 Å². The number of carbonyl (C=O) groups is 2. The zero-order valence-corrected chi connectivity index (χ0v) is 18.6. The van der Waals surface area contributed by atoms with E-state index in [-0.39, 0.29) is 23.5 Å². The number of carbonyl (C=O) groups excluding carboxylic acids is 2. The van der Waals surface area contributed by atoms with Crippen LogP contribution in [0.1, 0.15) is 57.4 Å². The molecule has 1 spiro atoms. The van der Waals surface area contributed by atoms with Gasteiger partial charge in [-0.1, -0.05) is 0 Å². The molecule has 2 N–H and O–H groups in total. The van der Waals surface area contributed by atoms with E-state index in [1.165, 1.54) is 0 Å². The normalized spacial score (nSPS) is 28.8. The standard InChI is InChI=1S/C23H34N4O4/c1-3-31-22(30)25-17-13-16(2)20(24-14-17)26-11-4-9-23(15-26)10-12-27(21(23)29)18-5-7-19(28)8-6-18/h13-14,18-19,28H,3-12,15H2,1-2H3,(H,25,30)/t18?,19?,23-/m1/s1. The van der Waals surface area contributed by atoms with Crippen molar-refractivity contribution in [3.8, 4) is 0 Å². The number of amides is 2. The SMILES string of the molecule is CCOC(=O)Nc1cnc(N2CCC[C@@]3(CCN(C4CCC(O)CC4)C3=O)C2)c(C)c1. The van der Waals surface area contributed by atoms with Crippen LogP contribution in [-0.2, 0) is 9.53 Å². The fourth-order valence-electron chi connectivity index (χ4n) is 5.51. The molecule has 8 heteroatoms. The van der Waals surface area contributed by atoms with Gasteiger partial charge in [-0.05, 0) is 70.4 Å². The number of ether oxygens (including phenoxy) is 1. The maximum Gasteiger partial charge on any atom is 0.411 e. The van der Waals surface area contributed by atoms with Gasteiger partial charge in [-0.2, -0.15) is 0 Å². The number of aromatic nitrogens is 1. The summed E-state index contributed by atoms with van der Waals surface area (Å²) in [5, 5.41) is 12.5. The second-order valence-corrected chi connectivity index (χ2v) is 9.23. The van der Waals surface area contributed by atoms with Crippen LogP contribution in [0.25, 0.3) is 0 Å². The minimum absolute atomic E-state index is 0.205. The molecule has 0 bridgehead atoms. The highest BCUT2D eigenvalue weighted by atomic mass is 16.5. The molecule has 1 saturated carbocycles. The van der Waals surface area contributed by atoms with Crippen LogP contribution in [0.4, 0.5) is 16.3 Å². The molecular formula is C23H34N4O4. The molecule has 3 fully saturated rings. The van der Waals surface area contributed by atoms with Crippen molar-refractivity contribution in [2.75, 3.05) is 36.5 Å². The highest BCUT2D eigenvalue weighted by Gasteiger charge is 2.50. The summed E-state index contributed by atoms with van der Waals surface area (Å²) in [4.78, 5) is 34.1. The number of anilines is 2. The third kappa shape index (κ3) is 4.49. The zero-order chi connectivity index (χ0) is 22.0. The molecule has 1 aromatic rings. The van der Waals surface area contributed by atoms with Crippen LogP contribution in [0.15, 0.2) is 12.3 Å². The molecule has 3 aliphatic rings. The molecule has 0 aromatic carbocycles. The average Bonchev–Trinajstić information content (AvgIpc) is 3.04. The molecule has 3 heterocycles. The molecule has 2 saturated heterocycles. The van der Waals surface area contributed by atoms with E-state index in [0.29, 0.717) is 18.8 Å². The van der Waals surface area contributed by atoms with Gasteiger partial charge in [0.25, 0.3) is 0 Å². The summed E-state index contributed by atoms with van der Waals surface area (Å²) in [5.74, 6) is 1.16. The summed E-state index contributed by atoms with van der Waals surface area (Å²) in [6, 6.07) is 2.18. The lowest BCUT2D eigenvalue weighted by Gasteiger charge is -2.41. The van der Waals surface area contributed by atoms with Gasteiger partial charge in [0.1, 0.15) is 5.82 Å². The Labute approximate surface area is 184 Å². The Morgan fingerprint density at radius 2 is 2.06 bits per heavy atom. The van der Waals surface area contributed by atoms with Crippen LogP contribution in [-0.4, -0.2) is 65.4 Å². The number of aliphatic hydroxyl groups is 1. The van der Waals surface area contributed by atoms with Crippen molar-refractivity contribution in [3.63, 3.8) is 0 Å². The lowest BCUT2D eigenvalue weighted by molar-refractivity contribution is -0.139. The Kier molecular flexibility index (Phi) is 6.36. The van der Waals surface area contributed by atoms with Crippen LogP contribution in [0.5, 0.6) is 0 Å². The van der Waals surface area contributed by atoms with Gasteiger partial charge in [0.2, 0.25) is 5.91 Å². The van der Waals surface area contributed by atoms with E-state index in [0.717, 1.165) is 69.4 Å². The fraction of sp³-hybridized carbons (Fsp3) is 0.696. The summed E-state index contributed by atoms with van der Waals surface area (Å²) >= 11 is 0. The predicted molar refractivity (Wildman–Crippen MR) is 118 cm³/mol. The van der Waals surface area contributed by atoms with E-state index in [4.69, 9.17) is 4.74 Å². The third-order valence-electron chi connectivity index (χ3n) is 7.10. The molecule has 8 nitrogen and oxygen atoms in total. The summed E-state index contributed by atoms with van der Waals surface area (Å²) in [6.45, 7) is 6.46. The second-order valence-electron chi connectivity index (χ2n) is 9.23. The predicted octanol–water partition coefficient (Wildman–Crippen LogP) is 3.08. The molecule has 1 aliphatic carbocycles. The number of piperidine rings is 1. The Hall–Kier alpha value is -2.35. The van der Waals surface area contributed by atoms with Crippen molar-refractivity contribution in [2.45, 2.75) is 70.9 Å². The average molecular weight is 431 g/mol. The Morgan fingerprint density at radius 1 is 1.29 bits per heavy atom. The first-order valence-electron chi connectivity index (χ1n) is 11.6. The number of rotatable bonds is 4. The Balaban J connectivity index is 1.45. The number of aryl methyl sites for hydroxylation is 1. The van der Waals surface area contributed by atoms with Gasteiger partial charge in [0.05, 0.1) is 30.0 Å². The lowest BCUT2D eigenvalue weighted by atomic mass is 9.78. The monoisotopic (exact) mass is 430 g/mol. The largest absolute Gasteiger partial charge is 0.450 e. The Morgan fingerprint density at radius 3 is 2.77 bits per heavy atom. The highest BCUT2D eigenvalue weighted by molar-refractivity contribution is 5.86. The first kappa shape index (κ1) is 21.9. The summed E-state index contributed by atoms with van der Waals surface area (Å²) in [6.07, 6.45) is 7.14. The van der Waals surface area contributed by atoms with Crippen LogP contribution in [0, 0.1) is 12.3 Å². The molecular weight excluding hydrogens is 396 g/mol. The zero-order valence-electron chi connectivity index (χ0n) is 18.6. The van der Waals surface area contributed by atoms with Crippen molar-refractivity contribution >= 4 is 23.5 Å². The first-order valence-corrected chi connectivity index (χ1v) is 11.6. The van der Waals surface area contributed by atoms with Crippen LogP contribution >= 0.6 is 0 Å². The topological polar surface area (TPSA) is 95.0 Å². The summed E-state index contributed by atoms with van der Waals surface area (Å²) < 4.78 is 4.93. The number of aliphatic hydroxyl groups excluding tert-OH is 1. The molecule has 4 rings (SSSR count). The van der Waals surface area contributed by atoms with Crippen molar-refractivity contribution < 1.29 is 19.4 Å². The van der Waals surface area contributed by atoms with Crippen molar-refractivity contribution in [2.24, 2.45) is 5.41 Å².